The van der Waals surface area contributed by atoms with Gasteiger partial charge in [0.25, 0.3) is 5.56 Å². The van der Waals surface area contributed by atoms with E-state index in [1.165, 1.54) is 22.7 Å². The predicted octanol–water partition coefficient (Wildman–Crippen LogP) is 3.26. The van der Waals surface area contributed by atoms with Crippen LogP contribution < -0.4 is 15.6 Å². The molecule has 1 aliphatic heterocycles. The normalized spacial score (nSPS) is 13.4. The van der Waals surface area contributed by atoms with E-state index in [9.17, 15) is 4.79 Å². The Balaban J connectivity index is 1.43. The van der Waals surface area contributed by atoms with Gasteiger partial charge in [0.2, 0.25) is 0 Å². The zero-order chi connectivity index (χ0) is 20.7. The maximum Gasteiger partial charge on any atom is 0.258 e. The first-order chi connectivity index (χ1) is 14.6. The van der Waals surface area contributed by atoms with Gasteiger partial charge in [-0.05, 0) is 49.7 Å². The van der Waals surface area contributed by atoms with Gasteiger partial charge < -0.3 is 14.6 Å². The summed E-state index contributed by atoms with van der Waals surface area (Å²) in [6.45, 7) is 4.22. The second-order valence-corrected chi connectivity index (χ2v) is 7.78. The van der Waals surface area contributed by atoms with Crippen LogP contribution in [0.2, 0.25) is 0 Å². The number of hydrogen-bond acceptors (Lipinski definition) is 4. The number of aryl methyl sites for hydroxylation is 2. The molecule has 4 heterocycles. The van der Waals surface area contributed by atoms with E-state index in [2.05, 4.69) is 34.0 Å². The van der Waals surface area contributed by atoms with Crippen molar-refractivity contribution in [3.8, 4) is 11.4 Å². The molecule has 5 rings (SSSR count). The molecular weight excluding hydrogens is 376 g/mol. The molecule has 0 bridgehead atoms. The maximum atomic E-state index is 12.8. The molecule has 0 radical (unpaired) electrons. The van der Waals surface area contributed by atoms with Gasteiger partial charge in [-0.25, -0.2) is 0 Å². The summed E-state index contributed by atoms with van der Waals surface area (Å²) in [6, 6.07) is 13.5. The molecule has 0 amide bonds. The lowest BCUT2D eigenvalue weighted by Crippen LogP contribution is -2.24. The van der Waals surface area contributed by atoms with Crippen LogP contribution in [-0.2, 0) is 26.6 Å². The van der Waals surface area contributed by atoms with E-state index in [1.54, 1.807) is 17.0 Å². The Bertz CT molecular complexity index is 1290. The SMILES string of the molecule is Cc1ccc(COc2ccn(-c3ccc4c5c(n(C)c4c3)CNCC5)c(=O)c2)cn1. The predicted molar refractivity (Wildman–Crippen MR) is 117 cm³/mol. The van der Waals surface area contributed by atoms with Crippen LogP contribution in [0, 0.1) is 6.92 Å². The molecule has 1 N–H and O–H groups in total. The van der Waals surface area contributed by atoms with Crippen molar-refractivity contribution in [3.05, 3.63) is 87.7 Å². The Morgan fingerprint density at radius 1 is 1.17 bits per heavy atom. The lowest BCUT2D eigenvalue weighted by Gasteiger charge is -2.14. The van der Waals surface area contributed by atoms with Crippen molar-refractivity contribution < 1.29 is 4.74 Å². The number of ether oxygens (including phenoxy) is 1. The third kappa shape index (κ3) is 3.29. The van der Waals surface area contributed by atoms with Crippen molar-refractivity contribution in [3.63, 3.8) is 0 Å². The second kappa shape index (κ2) is 7.46. The van der Waals surface area contributed by atoms with Gasteiger partial charge in [0, 0.05) is 54.4 Å². The van der Waals surface area contributed by atoms with E-state index < -0.39 is 0 Å². The molecule has 0 atom stereocenters. The molecule has 6 nitrogen and oxygen atoms in total. The van der Waals surface area contributed by atoms with Crippen molar-refractivity contribution in [1.82, 2.24) is 19.4 Å². The van der Waals surface area contributed by atoms with E-state index in [0.717, 1.165) is 42.0 Å². The standard InChI is InChI=1S/C24H24N4O2/c1-16-3-4-17(13-26-16)15-30-19-8-10-28(24(29)12-19)18-5-6-20-21-7-9-25-14-23(21)27(2)22(20)11-18/h3-6,8,10-13,25H,7,9,14-15H2,1-2H3. The quantitative estimate of drug-likeness (QED) is 0.571. The number of nitrogens with one attached hydrogen (secondary N) is 1. The number of fused-ring (bicyclic) bond motifs is 3. The van der Waals surface area contributed by atoms with Crippen LogP contribution in [0.4, 0.5) is 0 Å². The van der Waals surface area contributed by atoms with Crippen LogP contribution in [-0.4, -0.2) is 20.7 Å². The highest BCUT2D eigenvalue weighted by Crippen LogP contribution is 2.29. The molecule has 0 spiro atoms. The summed E-state index contributed by atoms with van der Waals surface area (Å²) in [7, 11) is 2.09. The largest absolute Gasteiger partial charge is 0.489 e. The first kappa shape index (κ1) is 18.6. The Hall–Kier alpha value is -3.38. The first-order valence-electron chi connectivity index (χ1n) is 10.2. The summed E-state index contributed by atoms with van der Waals surface area (Å²) in [6.07, 6.45) is 4.60. The first-order valence-corrected chi connectivity index (χ1v) is 10.2. The molecule has 1 aliphatic rings. The average Bonchev–Trinajstić information content (AvgIpc) is 3.05. The van der Waals surface area contributed by atoms with Crippen LogP contribution in [0.3, 0.4) is 0 Å². The number of hydrogen-bond donors (Lipinski definition) is 1. The van der Waals surface area contributed by atoms with E-state index in [1.807, 2.05) is 31.2 Å². The van der Waals surface area contributed by atoms with Gasteiger partial charge in [-0.3, -0.25) is 14.3 Å². The third-order valence-corrected chi connectivity index (χ3v) is 5.81. The highest BCUT2D eigenvalue weighted by molar-refractivity contribution is 5.87. The van der Waals surface area contributed by atoms with E-state index in [4.69, 9.17) is 4.74 Å². The zero-order valence-electron chi connectivity index (χ0n) is 17.2. The van der Waals surface area contributed by atoms with E-state index in [-0.39, 0.29) is 5.56 Å². The summed E-state index contributed by atoms with van der Waals surface area (Å²) in [5.41, 5.74) is 6.57. The Morgan fingerprint density at radius 3 is 2.87 bits per heavy atom. The fourth-order valence-corrected chi connectivity index (χ4v) is 4.14. The smallest absolute Gasteiger partial charge is 0.258 e. The number of aromatic nitrogens is 3. The van der Waals surface area contributed by atoms with Gasteiger partial charge in [-0.1, -0.05) is 12.1 Å². The van der Waals surface area contributed by atoms with Crippen molar-refractivity contribution in [2.75, 3.05) is 6.54 Å². The summed E-state index contributed by atoms with van der Waals surface area (Å²) in [4.78, 5) is 17.0. The number of rotatable bonds is 4. The summed E-state index contributed by atoms with van der Waals surface area (Å²) < 4.78 is 9.67. The number of benzene rings is 1. The Morgan fingerprint density at radius 2 is 2.07 bits per heavy atom. The molecule has 0 fully saturated rings. The molecular formula is C24H24N4O2. The molecule has 0 saturated carbocycles. The van der Waals surface area contributed by atoms with Crippen LogP contribution >= 0.6 is 0 Å². The third-order valence-electron chi connectivity index (χ3n) is 5.81. The van der Waals surface area contributed by atoms with Crippen LogP contribution in [0.5, 0.6) is 5.75 Å². The lowest BCUT2D eigenvalue weighted by atomic mass is 10.0. The van der Waals surface area contributed by atoms with Gasteiger partial charge >= 0.3 is 0 Å². The molecule has 4 aromatic rings. The minimum atomic E-state index is -0.116. The lowest BCUT2D eigenvalue weighted by molar-refractivity contribution is 0.304. The van der Waals surface area contributed by atoms with Crippen molar-refractivity contribution in [1.29, 1.82) is 0 Å². The van der Waals surface area contributed by atoms with Gasteiger partial charge in [0.05, 0.1) is 11.2 Å². The topological polar surface area (TPSA) is 61.1 Å². The zero-order valence-corrected chi connectivity index (χ0v) is 17.2. The molecule has 30 heavy (non-hydrogen) atoms. The van der Waals surface area contributed by atoms with Gasteiger partial charge in [-0.2, -0.15) is 0 Å². The minimum absolute atomic E-state index is 0.116. The van der Waals surface area contributed by atoms with Crippen LogP contribution in [0.15, 0.2) is 59.7 Å². The van der Waals surface area contributed by atoms with E-state index in [0.29, 0.717) is 12.4 Å². The van der Waals surface area contributed by atoms with E-state index >= 15 is 0 Å². The van der Waals surface area contributed by atoms with Gasteiger partial charge in [0.15, 0.2) is 0 Å². The number of nitrogens with zero attached hydrogens (tertiary/aromatic N) is 3. The molecule has 6 heteroatoms. The molecule has 1 aromatic carbocycles. The second-order valence-electron chi connectivity index (χ2n) is 7.78. The van der Waals surface area contributed by atoms with Crippen LogP contribution in [0.25, 0.3) is 16.6 Å². The average molecular weight is 400 g/mol. The van der Waals surface area contributed by atoms with Crippen molar-refractivity contribution in [2.24, 2.45) is 7.05 Å². The summed E-state index contributed by atoms with van der Waals surface area (Å²) >= 11 is 0. The molecule has 152 valence electrons. The molecule has 0 unspecified atom stereocenters. The van der Waals surface area contributed by atoms with Crippen molar-refractivity contribution in [2.45, 2.75) is 26.5 Å². The fraction of sp³-hybridized carbons (Fsp3) is 0.250. The monoisotopic (exact) mass is 400 g/mol. The minimum Gasteiger partial charge on any atom is -0.489 e. The molecule has 3 aromatic heterocycles. The van der Waals surface area contributed by atoms with Crippen LogP contribution in [0.1, 0.15) is 22.5 Å². The Labute approximate surface area is 174 Å². The number of pyridine rings is 2. The highest BCUT2D eigenvalue weighted by atomic mass is 16.5. The maximum absolute atomic E-state index is 12.8. The van der Waals surface area contributed by atoms with Gasteiger partial charge in [0.1, 0.15) is 12.4 Å². The Kier molecular flexibility index (Phi) is 4.64. The summed E-state index contributed by atoms with van der Waals surface area (Å²) in [5, 5.41) is 4.71. The summed E-state index contributed by atoms with van der Waals surface area (Å²) in [5.74, 6) is 0.554. The molecule has 0 saturated heterocycles. The molecule has 0 aliphatic carbocycles. The highest BCUT2D eigenvalue weighted by Gasteiger charge is 2.18. The van der Waals surface area contributed by atoms with Gasteiger partial charge in [-0.15, -0.1) is 0 Å². The fourth-order valence-electron chi connectivity index (χ4n) is 4.14. The van der Waals surface area contributed by atoms with Crippen molar-refractivity contribution >= 4 is 10.9 Å².